The molecule has 0 aliphatic carbocycles. The van der Waals surface area contributed by atoms with Crippen molar-refractivity contribution in [2.45, 2.75) is 31.7 Å². The molecule has 1 fully saturated rings. The van der Waals surface area contributed by atoms with E-state index in [1.807, 2.05) is 0 Å². The lowest BCUT2D eigenvalue weighted by molar-refractivity contribution is -0.145. The highest BCUT2D eigenvalue weighted by atomic mass is 32.2. The molecule has 1 aliphatic rings. The number of nitrogens with one attached hydrogen (secondary N) is 1. The number of nitrogens with zero attached hydrogens (tertiary/aromatic N) is 2. The summed E-state index contributed by atoms with van der Waals surface area (Å²) in [6, 6.07) is 7.70. The van der Waals surface area contributed by atoms with Gasteiger partial charge in [-0.15, -0.1) is 0 Å². The van der Waals surface area contributed by atoms with Crippen LogP contribution in [0.4, 0.5) is 18.0 Å². The second-order valence-electron chi connectivity index (χ2n) is 7.75. The summed E-state index contributed by atoms with van der Waals surface area (Å²) in [5.74, 6) is -0.879. The van der Waals surface area contributed by atoms with Gasteiger partial charge in [-0.2, -0.15) is 13.2 Å². The summed E-state index contributed by atoms with van der Waals surface area (Å²) in [6.07, 6.45) is -4.03. The van der Waals surface area contributed by atoms with Crippen LogP contribution in [0.3, 0.4) is 0 Å². The molecule has 1 saturated heterocycles. The first-order valence-electron chi connectivity index (χ1n) is 10.2. The quantitative estimate of drug-likeness (QED) is 0.611. The van der Waals surface area contributed by atoms with Gasteiger partial charge in [0.25, 0.3) is 0 Å². The molecule has 1 unspecified atom stereocenters. The van der Waals surface area contributed by atoms with Crippen molar-refractivity contribution in [1.82, 2.24) is 15.1 Å². The first-order valence-corrected chi connectivity index (χ1v) is 12.2. The van der Waals surface area contributed by atoms with Gasteiger partial charge < -0.3 is 15.0 Å². The Labute approximate surface area is 185 Å². The lowest BCUT2D eigenvalue weighted by atomic mass is 10.2. The van der Waals surface area contributed by atoms with E-state index in [1.165, 1.54) is 9.80 Å². The Morgan fingerprint density at radius 3 is 2.44 bits per heavy atom. The largest absolute Gasteiger partial charge is 0.445 e. The zero-order valence-corrected chi connectivity index (χ0v) is 18.6. The first-order chi connectivity index (χ1) is 14.9. The number of hydrogen-bond acceptors (Lipinski definition) is 6. The predicted molar refractivity (Wildman–Crippen MR) is 112 cm³/mol. The number of ether oxygens (including phenoxy) is 1. The van der Waals surface area contributed by atoms with Crippen LogP contribution in [0.15, 0.2) is 30.3 Å². The minimum absolute atomic E-state index is 0.0303. The summed E-state index contributed by atoms with van der Waals surface area (Å²) in [6.45, 7) is -0.618. The molecule has 0 bridgehead atoms. The molecule has 1 atom stereocenters. The minimum Gasteiger partial charge on any atom is -0.445 e. The molecule has 1 aromatic rings. The van der Waals surface area contributed by atoms with E-state index in [-0.39, 0.29) is 45.0 Å². The van der Waals surface area contributed by atoms with Crippen LogP contribution in [0.2, 0.25) is 0 Å². The average molecular weight is 480 g/mol. The van der Waals surface area contributed by atoms with Crippen LogP contribution in [0.1, 0.15) is 18.4 Å². The van der Waals surface area contributed by atoms with Crippen LogP contribution >= 0.6 is 0 Å². The van der Waals surface area contributed by atoms with Crippen LogP contribution in [0.25, 0.3) is 0 Å². The maximum atomic E-state index is 13.0. The van der Waals surface area contributed by atoms with Crippen molar-refractivity contribution in [2.75, 3.05) is 44.7 Å². The average Bonchev–Trinajstić information content (AvgIpc) is 2.93. The molecule has 0 aromatic heterocycles. The Balaban J connectivity index is 1.99. The van der Waals surface area contributed by atoms with E-state index in [4.69, 9.17) is 4.74 Å². The maximum Gasteiger partial charge on any atom is 0.408 e. The molecule has 0 radical (unpaired) electrons. The summed E-state index contributed by atoms with van der Waals surface area (Å²) < 4.78 is 66.3. The highest BCUT2D eigenvalue weighted by Crippen LogP contribution is 2.18. The highest BCUT2D eigenvalue weighted by Gasteiger charge is 2.33. The van der Waals surface area contributed by atoms with E-state index in [0.717, 1.165) is 11.8 Å². The van der Waals surface area contributed by atoms with Gasteiger partial charge in [0.05, 0.1) is 12.3 Å². The SMILES string of the molecule is CS(=O)(=O)CCC(NC(=O)OCc1ccccc1)C(=O)N1CCCN(CC(F)(F)F)CC1. The fraction of sp³-hybridized carbons (Fsp3) is 0.600. The lowest BCUT2D eigenvalue weighted by Crippen LogP contribution is -2.50. The van der Waals surface area contributed by atoms with E-state index in [9.17, 15) is 31.2 Å². The highest BCUT2D eigenvalue weighted by molar-refractivity contribution is 7.90. The monoisotopic (exact) mass is 479 g/mol. The van der Waals surface area contributed by atoms with E-state index >= 15 is 0 Å². The van der Waals surface area contributed by atoms with Crippen molar-refractivity contribution >= 4 is 21.8 Å². The number of carbonyl (C=O) groups excluding carboxylic acids is 2. The van der Waals surface area contributed by atoms with Gasteiger partial charge in [-0.1, -0.05) is 30.3 Å². The third kappa shape index (κ3) is 9.86. The first kappa shape index (κ1) is 25.9. The molecule has 1 heterocycles. The topological polar surface area (TPSA) is 96.0 Å². The van der Waals surface area contributed by atoms with Gasteiger partial charge in [-0.25, -0.2) is 13.2 Å². The zero-order chi connectivity index (χ0) is 23.8. The number of sulfone groups is 1. The molecule has 1 aromatic carbocycles. The molecule has 2 rings (SSSR count). The summed E-state index contributed by atoms with van der Waals surface area (Å²) in [7, 11) is -3.41. The fourth-order valence-corrected chi connectivity index (χ4v) is 3.98. The number of carbonyl (C=O) groups is 2. The van der Waals surface area contributed by atoms with Gasteiger partial charge in [0.15, 0.2) is 0 Å². The van der Waals surface area contributed by atoms with Crippen molar-refractivity contribution in [3.63, 3.8) is 0 Å². The fourth-order valence-electron chi connectivity index (χ4n) is 3.32. The van der Waals surface area contributed by atoms with Crippen molar-refractivity contribution in [2.24, 2.45) is 0 Å². The number of halogens is 3. The Morgan fingerprint density at radius 2 is 1.81 bits per heavy atom. The Morgan fingerprint density at radius 1 is 1.12 bits per heavy atom. The van der Waals surface area contributed by atoms with Crippen molar-refractivity contribution < 1.29 is 35.9 Å². The van der Waals surface area contributed by atoms with Crippen molar-refractivity contribution in [3.05, 3.63) is 35.9 Å². The Bertz CT molecular complexity index is 865. The van der Waals surface area contributed by atoms with Gasteiger partial charge >= 0.3 is 12.3 Å². The van der Waals surface area contributed by atoms with Crippen LogP contribution in [-0.4, -0.2) is 87.2 Å². The summed E-state index contributed by atoms with van der Waals surface area (Å²) in [5, 5.41) is 2.42. The molecule has 0 saturated carbocycles. The van der Waals surface area contributed by atoms with Crippen molar-refractivity contribution in [1.29, 1.82) is 0 Å². The molecule has 1 aliphatic heterocycles. The number of alkyl carbamates (subject to hydrolysis) is 1. The van der Waals surface area contributed by atoms with Crippen LogP contribution < -0.4 is 5.32 Å². The van der Waals surface area contributed by atoms with E-state index in [1.54, 1.807) is 30.3 Å². The summed E-state index contributed by atoms with van der Waals surface area (Å²) >= 11 is 0. The maximum absolute atomic E-state index is 13.0. The van der Waals surface area contributed by atoms with Gasteiger partial charge in [0.2, 0.25) is 5.91 Å². The van der Waals surface area contributed by atoms with Gasteiger partial charge in [-0.05, 0) is 18.4 Å². The lowest BCUT2D eigenvalue weighted by Gasteiger charge is -2.27. The van der Waals surface area contributed by atoms with Gasteiger partial charge in [0.1, 0.15) is 22.5 Å². The predicted octanol–water partition coefficient (Wildman–Crippen LogP) is 1.81. The number of alkyl halides is 3. The number of amides is 2. The van der Waals surface area contributed by atoms with E-state index < -0.39 is 40.6 Å². The molecular weight excluding hydrogens is 451 g/mol. The zero-order valence-electron chi connectivity index (χ0n) is 17.8. The number of hydrogen-bond donors (Lipinski definition) is 1. The molecule has 32 heavy (non-hydrogen) atoms. The third-order valence-corrected chi connectivity index (χ3v) is 5.86. The summed E-state index contributed by atoms with van der Waals surface area (Å²) in [5.41, 5.74) is 0.735. The molecule has 1 N–H and O–H groups in total. The molecule has 2 amide bonds. The number of benzene rings is 1. The Hall–Kier alpha value is -2.34. The van der Waals surface area contributed by atoms with Crippen LogP contribution in [0, 0.1) is 0 Å². The van der Waals surface area contributed by atoms with E-state index in [2.05, 4.69) is 5.32 Å². The molecular formula is C20H28F3N3O5S. The normalized spacial score (nSPS) is 16.8. The minimum atomic E-state index is -4.33. The third-order valence-electron chi connectivity index (χ3n) is 4.88. The summed E-state index contributed by atoms with van der Waals surface area (Å²) in [4.78, 5) is 27.8. The molecule has 8 nitrogen and oxygen atoms in total. The standard InChI is InChI=1S/C20H28F3N3O5S/c1-32(29,30)13-8-17(24-19(28)31-14-16-6-3-2-4-7-16)18(27)26-10-5-9-25(11-12-26)15-20(21,22)23/h2-4,6-7,17H,5,8-15H2,1H3,(H,24,28). The van der Waals surface area contributed by atoms with Gasteiger partial charge in [0, 0.05) is 32.4 Å². The molecule has 180 valence electrons. The van der Waals surface area contributed by atoms with E-state index in [0.29, 0.717) is 6.42 Å². The molecule has 0 spiro atoms. The van der Waals surface area contributed by atoms with Crippen LogP contribution in [0.5, 0.6) is 0 Å². The van der Waals surface area contributed by atoms with Crippen molar-refractivity contribution in [3.8, 4) is 0 Å². The molecule has 12 heteroatoms. The number of rotatable bonds is 8. The second-order valence-corrected chi connectivity index (χ2v) is 10.0. The second kappa shape index (κ2) is 11.5. The Kier molecular flexibility index (Phi) is 9.32. The van der Waals surface area contributed by atoms with Gasteiger partial charge in [-0.3, -0.25) is 9.69 Å². The van der Waals surface area contributed by atoms with Crippen LogP contribution in [-0.2, 0) is 26.0 Å². The smallest absolute Gasteiger partial charge is 0.408 e.